The van der Waals surface area contributed by atoms with E-state index in [0.29, 0.717) is 18.1 Å². The molecule has 0 radical (unpaired) electrons. The Morgan fingerprint density at radius 3 is 2.60 bits per heavy atom. The largest absolute Gasteiger partial charge is 0.491 e. The van der Waals surface area contributed by atoms with Crippen molar-refractivity contribution in [2.75, 3.05) is 6.61 Å². The second-order valence-corrected chi connectivity index (χ2v) is 6.19. The highest BCUT2D eigenvalue weighted by Crippen LogP contribution is 2.30. The standard InChI is InChI=1S/C21H27NO3/c1-2-3-4-5-6-9-15-25-19-13-10-14-22-21(19)18-12-8-7-11-17(18)16-20(23)24/h7-8,10-14H,2-6,9,15-16H2,1H3,(H,23,24). The number of benzene rings is 1. The molecule has 25 heavy (non-hydrogen) atoms. The van der Waals surface area contributed by atoms with Crippen LogP contribution in [0.5, 0.6) is 5.75 Å². The number of pyridine rings is 1. The fourth-order valence-electron chi connectivity index (χ4n) is 2.84. The SMILES string of the molecule is CCCCCCCCOc1cccnc1-c1ccccc1CC(=O)O. The molecule has 4 nitrogen and oxygen atoms in total. The summed E-state index contributed by atoms with van der Waals surface area (Å²) in [6.07, 6.45) is 8.98. The molecule has 1 aromatic heterocycles. The molecular weight excluding hydrogens is 314 g/mol. The van der Waals surface area contributed by atoms with Crippen LogP contribution in [-0.2, 0) is 11.2 Å². The van der Waals surface area contributed by atoms with Crippen LogP contribution in [0.2, 0.25) is 0 Å². The number of aromatic nitrogens is 1. The molecular formula is C21H27NO3. The number of unbranched alkanes of at least 4 members (excludes halogenated alkanes) is 5. The van der Waals surface area contributed by atoms with Gasteiger partial charge < -0.3 is 9.84 Å². The number of aliphatic carboxylic acids is 1. The summed E-state index contributed by atoms with van der Waals surface area (Å²) in [5.41, 5.74) is 2.28. The van der Waals surface area contributed by atoms with Crippen molar-refractivity contribution in [3.63, 3.8) is 0 Å². The van der Waals surface area contributed by atoms with Gasteiger partial charge in [0, 0.05) is 11.8 Å². The molecule has 0 amide bonds. The van der Waals surface area contributed by atoms with Crippen LogP contribution in [-0.4, -0.2) is 22.7 Å². The first-order valence-electron chi connectivity index (χ1n) is 9.10. The van der Waals surface area contributed by atoms with Crippen molar-refractivity contribution in [3.05, 3.63) is 48.2 Å². The molecule has 0 aliphatic rings. The van der Waals surface area contributed by atoms with Crippen molar-refractivity contribution in [3.8, 4) is 17.0 Å². The quantitative estimate of drug-likeness (QED) is 0.577. The maximum atomic E-state index is 11.1. The summed E-state index contributed by atoms with van der Waals surface area (Å²) < 4.78 is 5.95. The van der Waals surface area contributed by atoms with Crippen LogP contribution in [0, 0.1) is 0 Å². The number of nitrogens with zero attached hydrogens (tertiary/aromatic N) is 1. The Morgan fingerprint density at radius 1 is 1.04 bits per heavy atom. The molecule has 0 fully saturated rings. The second kappa shape index (κ2) is 10.5. The summed E-state index contributed by atoms with van der Waals surface area (Å²) in [7, 11) is 0. The Labute approximate surface area is 149 Å². The van der Waals surface area contributed by atoms with Crippen LogP contribution in [0.3, 0.4) is 0 Å². The lowest BCUT2D eigenvalue weighted by Gasteiger charge is -2.13. The van der Waals surface area contributed by atoms with Gasteiger partial charge in [0.25, 0.3) is 0 Å². The first-order chi connectivity index (χ1) is 12.2. The lowest BCUT2D eigenvalue weighted by atomic mass is 10.0. The maximum absolute atomic E-state index is 11.1. The Kier molecular flexibility index (Phi) is 7.96. The van der Waals surface area contributed by atoms with E-state index in [1.165, 1.54) is 32.1 Å². The van der Waals surface area contributed by atoms with Gasteiger partial charge in [0.2, 0.25) is 0 Å². The highest BCUT2D eigenvalue weighted by Gasteiger charge is 2.13. The summed E-state index contributed by atoms with van der Waals surface area (Å²) in [6, 6.07) is 11.2. The summed E-state index contributed by atoms with van der Waals surface area (Å²) >= 11 is 0. The highest BCUT2D eigenvalue weighted by atomic mass is 16.5. The molecule has 0 atom stereocenters. The first kappa shape index (κ1) is 19.0. The van der Waals surface area contributed by atoms with Gasteiger partial charge in [0.05, 0.1) is 13.0 Å². The summed E-state index contributed by atoms with van der Waals surface area (Å²) in [6.45, 7) is 2.88. The minimum Gasteiger partial charge on any atom is -0.491 e. The van der Waals surface area contributed by atoms with Gasteiger partial charge in [-0.1, -0.05) is 63.3 Å². The average Bonchev–Trinajstić information content (AvgIpc) is 2.61. The molecule has 0 saturated heterocycles. The Bertz CT molecular complexity index is 670. The monoisotopic (exact) mass is 341 g/mol. The van der Waals surface area contributed by atoms with E-state index in [2.05, 4.69) is 11.9 Å². The highest BCUT2D eigenvalue weighted by molar-refractivity contribution is 5.77. The van der Waals surface area contributed by atoms with Crippen LogP contribution >= 0.6 is 0 Å². The minimum absolute atomic E-state index is 0.0242. The van der Waals surface area contributed by atoms with Gasteiger partial charge in [0.1, 0.15) is 11.4 Å². The van der Waals surface area contributed by atoms with Gasteiger partial charge in [-0.15, -0.1) is 0 Å². The van der Waals surface area contributed by atoms with E-state index in [1.54, 1.807) is 6.20 Å². The zero-order chi connectivity index (χ0) is 17.9. The minimum atomic E-state index is -0.849. The van der Waals surface area contributed by atoms with E-state index in [-0.39, 0.29) is 6.42 Å². The Balaban J connectivity index is 2.02. The molecule has 2 aromatic rings. The molecule has 1 aromatic carbocycles. The van der Waals surface area contributed by atoms with Crippen molar-refractivity contribution in [2.24, 2.45) is 0 Å². The molecule has 134 valence electrons. The van der Waals surface area contributed by atoms with Crippen LogP contribution in [0.25, 0.3) is 11.3 Å². The third-order valence-electron chi connectivity index (χ3n) is 4.14. The summed E-state index contributed by atoms with van der Waals surface area (Å²) in [4.78, 5) is 15.5. The second-order valence-electron chi connectivity index (χ2n) is 6.19. The summed E-state index contributed by atoms with van der Waals surface area (Å²) in [5, 5.41) is 9.12. The average molecular weight is 341 g/mol. The van der Waals surface area contributed by atoms with Gasteiger partial charge in [0.15, 0.2) is 0 Å². The number of ether oxygens (including phenoxy) is 1. The smallest absolute Gasteiger partial charge is 0.307 e. The predicted octanol–water partition coefficient (Wildman–Crippen LogP) is 5.12. The number of carboxylic acids is 1. The fourth-order valence-corrected chi connectivity index (χ4v) is 2.84. The maximum Gasteiger partial charge on any atom is 0.307 e. The first-order valence-corrected chi connectivity index (χ1v) is 9.10. The van der Waals surface area contributed by atoms with E-state index in [9.17, 15) is 4.79 Å². The van der Waals surface area contributed by atoms with Gasteiger partial charge in [-0.25, -0.2) is 0 Å². The molecule has 1 heterocycles. The third-order valence-corrected chi connectivity index (χ3v) is 4.14. The lowest BCUT2D eigenvalue weighted by molar-refractivity contribution is -0.136. The molecule has 2 rings (SSSR count). The van der Waals surface area contributed by atoms with Crippen molar-refractivity contribution >= 4 is 5.97 Å². The van der Waals surface area contributed by atoms with Crippen LogP contribution in [0.4, 0.5) is 0 Å². The van der Waals surface area contributed by atoms with E-state index in [4.69, 9.17) is 9.84 Å². The number of carboxylic acid groups (broad SMARTS) is 1. The van der Waals surface area contributed by atoms with E-state index in [0.717, 1.165) is 17.5 Å². The van der Waals surface area contributed by atoms with Crippen molar-refractivity contribution < 1.29 is 14.6 Å². The van der Waals surface area contributed by atoms with Crippen molar-refractivity contribution in [2.45, 2.75) is 51.9 Å². The zero-order valence-electron chi connectivity index (χ0n) is 14.9. The predicted molar refractivity (Wildman–Crippen MR) is 99.9 cm³/mol. The van der Waals surface area contributed by atoms with E-state index in [1.807, 2.05) is 36.4 Å². The van der Waals surface area contributed by atoms with Crippen molar-refractivity contribution in [1.29, 1.82) is 0 Å². The van der Waals surface area contributed by atoms with E-state index >= 15 is 0 Å². The van der Waals surface area contributed by atoms with Gasteiger partial charge in [-0.2, -0.15) is 0 Å². The number of hydrogen-bond donors (Lipinski definition) is 1. The van der Waals surface area contributed by atoms with Gasteiger partial charge >= 0.3 is 5.97 Å². The Hall–Kier alpha value is -2.36. The Morgan fingerprint density at radius 2 is 1.80 bits per heavy atom. The third kappa shape index (κ3) is 6.22. The molecule has 0 aliphatic carbocycles. The topological polar surface area (TPSA) is 59.4 Å². The lowest BCUT2D eigenvalue weighted by Crippen LogP contribution is -2.04. The molecule has 0 aliphatic heterocycles. The molecule has 0 bridgehead atoms. The summed E-state index contributed by atoms with van der Waals surface area (Å²) in [5.74, 6) is -0.133. The zero-order valence-corrected chi connectivity index (χ0v) is 14.9. The molecule has 4 heteroatoms. The number of rotatable bonds is 11. The van der Waals surface area contributed by atoms with Crippen molar-refractivity contribution in [1.82, 2.24) is 4.98 Å². The van der Waals surface area contributed by atoms with Crippen LogP contribution in [0.15, 0.2) is 42.6 Å². The molecule has 1 N–H and O–H groups in total. The van der Waals surface area contributed by atoms with Gasteiger partial charge in [-0.3, -0.25) is 9.78 Å². The van der Waals surface area contributed by atoms with Gasteiger partial charge in [-0.05, 0) is 24.1 Å². The molecule has 0 unspecified atom stereocenters. The normalized spacial score (nSPS) is 10.6. The fraction of sp³-hybridized carbons (Fsp3) is 0.429. The van der Waals surface area contributed by atoms with Crippen LogP contribution < -0.4 is 4.74 Å². The molecule has 0 saturated carbocycles. The number of carbonyl (C=O) groups is 1. The number of hydrogen-bond acceptors (Lipinski definition) is 3. The van der Waals surface area contributed by atoms with E-state index < -0.39 is 5.97 Å². The van der Waals surface area contributed by atoms with Crippen LogP contribution in [0.1, 0.15) is 51.0 Å². The molecule has 0 spiro atoms.